The molecular weight excluding hydrogens is 193 g/mol. The number of nitrogens with zero attached hydrogens (tertiary/aromatic N) is 1. The van der Waals surface area contributed by atoms with Crippen molar-refractivity contribution < 1.29 is 4.39 Å². The molecule has 3 nitrogen and oxygen atoms in total. The molecule has 0 atom stereocenters. The number of hydrogen-bond acceptors (Lipinski definition) is 3. The van der Waals surface area contributed by atoms with Gasteiger partial charge in [0.1, 0.15) is 11.5 Å². The zero-order chi connectivity index (χ0) is 10.7. The molecule has 0 bridgehead atoms. The summed E-state index contributed by atoms with van der Waals surface area (Å²) >= 11 is 0. The van der Waals surface area contributed by atoms with Crippen LogP contribution in [0.4, 0.5) is 10.2 Å². The van der Waals surface area contributed by atoms with E-state index in [1.165, 1.54) is 0 Å². The van der Waals surface area contributed by atoms with Crippen LogP contribution in [0.5, 0.6) is 0 Å². The van der Waals surface area contributed by atoms with Crippen LogP contribution in [0.2, 0.25) is 0 Å². The SMILES string of the molecule is Nc1cc(CC2(F)CCNCC2)ccn1. The molecule has 1 aliphatic heterocycles. The van der Waals surface area contributed by atoms with Crippen LogP contribution in [0.1, 0.15) is 18.4 Å². The van der Waals surface area contributed by atoms with Gasteiger partial charge in [0.15, 0.2) is 0 Å². The van der Waals surface area contributed by atoms with E-state index in [1.807, 2.05) is 6.07 Å². The predicted molar refractivity (Wildman–Crippen MR) is 58.3 cm³/mol. The largest absolute Gasteiger partial charge is 0.384 e. The maximum absolute atomic E-state index is 14.3. The first-order valence-electron chi connectivity index (χ1n) is 5.28. The molecule has 1 aromatic heterocycles. The van der Waals surface area contributed by atoms with Gasteiger partial charge in [-0.25, -0.2) is 9.37 Å². The van der Waals surface area contributed by atoms with Gasteiger partial charge >= 0.3 is 0 Å². The molecule has 1 saturated heterocycles. The molecular formula is C11H16FN3. The van der Waals surface area contributed by atoms with Crippen molar-refractivity contribution in [3.05, 3.63) is 23.9 Å². The second-order valence-electron chi connectivity index (χ2n) is 4.17. The predicted octanol–water partition coefficient (Wildman–Crippen LogP) is 1.30. The number of pyridine rings is 1. The molecule has 0 unspecified atom stereocenters. The second-order valence-corrected chi connectivity index (χ2v) is 4.17. The minimum Gasteiger partial charge on any atom is -0.384 e. The number of nitrogens with two attached hydrogens (primary N) is 1. The highest BCUT2D eigenvalue weighted by molar-refractivity contribution is 5.32. The molecule has 82 valence electrons. The Morgan fingerprint density at radius 1 is 1.47 bits per heavy atom. The monoisotopic (exact) mass is 209 g/mol. The van der Waals surface area contributed by atoms with E-state index < -0.39 is 5.67 Å². The number of piperidine rings is 1. The van der Waals surface area contributed by atoms with Crippen molar-refractivity contribution in [1.82, 2.24) is 10.3 Å². The molecule has 0 aliphatic carbocycles. The molecule has 2 rings (SSSR count). The Balaban J connectivity index is 2.06. The molecule has 3 N–H and O–H groups in total. The molecule has 4 heteroatoms. The molecule has 1 fully saturated rings. The molecule has 15 heavy (non-hydrogen) atoms. The smallest absolute Gasteiger partial charge is 0.123 e. The maximum Gasteiger partial charge on any atom is 0.123 e. The number of hydrogen-bond donors (Lipinski definition) is 2. The lowest BCUT2D eigenvalue weighted by Gasteiger charge is -2.30. The number of rotatable bonds is 2. The van der Waals surface area contributed by atoms with Crippen molar-refractivity contribution >= 4 is 5.82 Å². The lowest BCUT2D eigenvalue weighted by atomic mass is 9.88. The van der Waals surface area contributed by atoms with E-state index in [0.717, 1.165) is 18.7 Å². The molecule has 1 aromatic rings. The van der Waals surface area contributed by atoms with Crippen LogP contribution in [-0.2, 0) is 6.42 Å². The van der Waals surface area contributed by atoms with Gasteiger partial charge in [0.2, 0.25) is 0 Å². The molecule has 0 aromatic carbocycles. The van der Waals surface area contributed by atoms with Crippen LogP contribution >= 0.6 is 0 Å². The highest BCUT2D eigenvalue weighted by Gasteiger charge is 2.31. The summed E-state index contributed by atoms with van der Waals surface area (Å²) < 4.78 is 14.3. The minimum absolute atomic E-state index is 0.446. The Hall–Kier alpha value is -1.16. The number of anilines is 1. The Kier molecular flexibility index (Phi) is 2.86. The molecule has 0 amide bonds. The molecule has 0 saturated carbocycles. The Morgan fingerprint density at radius 3 is 2.87 bits per heavy atom. The summed E-state index contributed by atoms with van der Waals surface area (Å²) in [6.45, 7) is 1.52. The summed E-state index contributed by atoms with van der Waals surface area (Å²) in [6, 6.07) is 3.59. The van der Waals surface area contributed by atoms with Crippen LogP contribution < -0.4 is 11.1 Å². The van der Waals surface area contributed by atoms with Gasteiger partial charge in [-0.2, -0.15) is 0 Å². The molecule has 2 heterocycles. The van der Waals surface area contributed by atoms with Crippen LogP contribution in [-0.4, -0.2) is 23.7 Å². The minimum atomic E-state index is -1.07. The van der Waals surface area contributed by atoms with Crippen LogP contribution in [0.15, 0.2) is 18.3 Å². The number of alkyl halides is 1. The van der Waals surface area contributed by atoms with Gasteiger partial charge in [-0.05, 0) is 43.6 Å². The van der Waals surface area contributed by atoms with Gasteiger partial charge in [0.25, 0.3) is 0 Å². The molecule has 1 aliphatic rings. The number of nitrogens with one attached hydrogen (secondary N) is 1. The van der Waals surface area contributed by atoms with E-state index in [-0.39, 0.29) is 0 Å². The van der Waals surface area contributed by atoms with E-state index in [1.54, 1.807) is 12.3 Å². The van der Waals surface area contributed by atoms with E-state index >= 15 is 0 Å². The summed E-state index contributed by atoms with van der Waals surface area (Å²) in [4.78, 5) is 3.90. The lowest BCUT2D eigenvalue weighted by molar-refractivity contribution is 0.116. The number of nitrogen functional groups attached to an aromatic ring is 1. The van der Waals surface area contributed by atoms with E-state index in [9.17, 15) is 4.39 Å². The third-order valence-corrected chi connectivity index (χ3v) is 2.87. The van der Waals surface area contributed by atoms with Gasteiger partial charge < -0.3 is 11.1 Å². The fraction of sp³-hybridized carbons (Fsp3) is 0.545. The van der Waals surface area contributed by atoms with E-state index in [4.69, 9.17) is 5.73 Å². The van der Waals surface area contributed by atoms with Gasteiger partial charge in [0.05, 0.1) is 0 Å². The first-order valence-corrected chi connectivity index (χ1v) is 5.28. The number of aromatic nitrogens is 1. The topological polar surface area (TPSA) is 50.9 Å². The van der Waals surface area contributed by atoms with Crippen molar-refractivity contribution in [1.29, 1.82) is 0 Å². The zero-order valence-electron chi connectivity index (χ0n) is 8.67. The van der Waals surface area contributed by atoms with Crippen LogP contribution in [0, 0.1) is 0 Å². The van der Waals surface area contributed by atoms with Crippen molar-refractivity contribution in [3.8, 4) is 0 Å². The van der Waals surface area contributed by atoms with E-state index in [0.29, 0.717) is 25.1 Å². The van der Waals surface area contributed by atoms with Crippen LogP contribution in [0.25, 0.3) is 0 Å². The Labute approximate surface area is 88.9 Å². The van der Waals surface area contributed by atoms with Gasteiger partial charge in [-0.1, -0.05) is 0 Å². The highest BCUT2D eigenvalue weighted by atomic mass is 19.1. The second kappa shape index (κ2) is 4.14. The molecule has 0 spiro atoms. The average Bonchev–Trinajstić information content (AvgIpc) is 2.18. The summed E-state index contributed by atoms with van der Waals surface area (Å²) in [7, 11) is 0. The third kappa shape index (κ3) is 2.65. The van der Waals surface area contributed by atoms with E-state index in [2.05, 4.69) is 10.3 Å². The highest BCUT2D eigenvalue weighted by Crippen LogP contribution is 2.27. The standard InChI is InChI=1S/C11H16FN3/c12-11(2-5-14-6-3-11)8-9-1-4-15-10(13)7-9/h1,4,7,14H,2-3,5-6,8H2,(H2,13,15). The van der Waals surface area contributed by atoms with Crippen molar-refractivity contribution in [2.24, 2.45) is 0 Å². The first kappa shape index (κ1) is 10.4. The summed E-state index contributed by atoms with van der Waals surface area (Å²) in [5.74, 6) is 0.463. The molecule has 0 radical (unpaired) electrons. The van der Waals surface area contributed by atoms with Crippen molar-refractivity contribution in [3.63, 3.8) is 0 Å². The fourth-order valence-electron chi connectivity index (χ4n) is 2.02. The van der Waals surface area contributed by atoms with Crippen molar-refractivity contribution in [2.45, 2.75) is 24.9 Å². The van der Waals surface area contributed by atoms with Crippen molar-refractivity contribution in [2.75, 3.05) is 18.8 Å². The third-order valence-electron chi connectivity index (χ3n) is 2.87. The first-order chi connectivity index (χ1) is 7.18. The quantitative estimate of drug-likeness (QED) is 0.772. The Morgan fingerprint density at radius 2 is 2.20 bits per heavy atom. The van der Waals surface area contributed by atoms with Crippen LogP contribution in [0.3, 0.4) is 0 Å². The number of halogens is 1. The Bertz CT molecular complexity index is 334. The fourth-order valence-corrected chi connectivity index (χ4v) is 2.02. The zero-order valence-corrected chi connectivity index (χ0v) is 8.67. The van der Waals surface area contributed by atoms with Gasteiger partial charge in [-0.3, -0.25) is 0 Å². The van der Waals surface area contributed by atoms with Gasteiger partial charge in [0, 0.05) is 12.6 Å². The summed E-state index contributed by atoms with van der Waals surface area (Å²) in [5.41, 5.74) is 5.43. The normalized spacial score (nSPS) is 20.1. The average molecular weight is 209 g/mol. The summed E-state index contributed by atoms with van der Waals surface area (Å²) in [5, 5.41) is 3.16. The maximum atomic E-state index is 14.3. The van der Waals surface area contributed by atoms with Gasteiger partial charge in [-0.15, -0.1) is 0 Å². The lowest BCUT2D eigenvalue weighted by Crippen LogP contribution is -2.40. The summed E-state index contributed by atoms with van der Waals surface area (Å²) in [6.07, 6.45) is 3.24.